The molecule has 0 aromatic heterocycles. The van der Waals surface area contributed by atoms with Crippen molar-refractivity contribution in [3.8, 4) is 11.1 Å². The lowest BCUT2D eigenvalue weighted by Crippen LogP contribution is -2.10. The standard InChI is InChI=1S/C39H32N2/c1-28-11-9-17-34(23-28)40(32-13-5-3-6-14-32)36-19-21-38-30(26-36)25-31-27-37(20-22-39(31)38)41(33-15-7-4-8-16-33)35-18-10-12-29(2)24-35/h3-24,26-27H,25H2,1-2H3. The molecule has 1 aliphatic rings. The third-order valence-corrected chi connectivity index (χ3v) is 7.91. The fraction of sp³-hybridized carbons (Fsp3) is 0.0769. The van der Waals surface area contributed by atoms with E-state index in [1.54, 1.807) is 0 Å². The average Bonchev–Trinajstić information content (AvgIpc) is 3.36. The number of para-hydroxylation sites is 2. The molecule has 0 aliphatic heterocycles. The van der Waals surface area contributed by atoms with Crippen LogP contribution in [0.1, 0.15) is 22.3 Å². The van der Waals surface area contributed by atoms with Crippen LogP contribution in [-0.4, -0.2) is 0 Å². The molecule has 0 saturated heterocycles. The third-order valence-electron chi connectivity index (χ3n) is 7.91. The van der Waals surface area contributed by atoms with Crippen LogP contribution >= 0.6 is 0 Å². The van der Waals surface area contributed by atoms with Crippen LogP contribution in [0.15, 0.2) is 146 Å². The first kappa shape index (κ1) is 24.9. The number of nitrogens with zero attached hydrogens (tertiary/aromatic N) is 2. The zero-order valence-corrected chi connectivity index (χ0v) is 23.5. The van der Waals surface area contributed by atoms with Crippen molar-refractivity contribution in [2.45, 2.75) is 20.3 Å². The van der Waals surface area contributed by atoms with Gasteiger partial charge in [0.25, 0.3) is 0 Å². The van der Waals surface area contributed by atoms with Gasteiger partial charge >= 0.3 is 0 Å². The zero-order chi connectivity index (χ0) is 27.8. The highest BCUT2D eigenvalue weighted by Gasteiger charge is 2.23. The van der Waals surface area contributed by atoms with E-state index in [9.17, 15) is 0 Å². The number of benzene rings is 6. The van der Waals surface area contributed by atoms with Crippen molar-refractivity contribution in [2.24, 2.45) is 0 Å². The van der Waals surface area contributed by atoms with Crippen LogP contribution in [0.5, 0.6) is 0 Å². The number of rotatable bonds is 6. The van der Waals surface area contributed by atoms with Gasteiger partial charge in [-0.2, -0.15) is 0 Å². The van der Waals surface area contributed by atoms with Crippen molar-refractivity contribution in [2.75, 3.05) is 9.80 Å². The molecule has 2 heteroatoms. The number of hydrogen-bond acceptors (Lipinski definition) is 2. The van der Waals surface area contributed by atoms with E-state index < -0.39 is 0 Å². The maximum atomic E-state index is 2.37. The SMILES string of the molecule is Cc1cccc(N(c2ccccc2)c2ccc3c(c2)Cc2cc(N(c4ccccc4)c4cccc(C)c4)ccc2-3)c1. The van der Waals surface area contributed by atoms with Crippen molar-refractivity contribution < 1.29 is 0 Å². The number of anilines is 6. The highest BCUT2D eigenvalue weighted by atomic mass is 15.1. The highest BCUT2D eigenvalue weighted by molar-refractivity contribution is 5.86. The van der Waals surface area contributed by atoms with E-state index in [-0.39, 0.29) is 0 Å². The first-order valence-corrected chi connectivity index (χ1v) is 14.2. The molecule has 0 saturated carbocycles. The van der Waals surface area contributed by atoms with E-state index in [2.05, 4.69) is 169 Å². The summed E-state index contributed by atoms with van der Waals surface area (Å²) in [4.78, 5) is 4.72. The molecule has 41 heavy (non-hydrogen) atoms. The van der Waals surface area contributed by atoms with Crippen molar-refractivity contribution >= 4 is 34.1 Å². The van der Waals surface area contributed by atoms with E-state index in [0.29, 0.717) is 0 Å². The molecular weight excluding hydrogens is 496 g/mol. The van der Waals surface area contributed by atoms with Gasteiger partial charge in [0.15, 0.2) is 0 Å². The van der Waals surface area contributed by atoms with Crippen LogP contribution in [0.25, 0.3) is 11.1 Å². The topological polar surface area (TPSA) is 6.48 Å². The Morgan fingerprint density at radius 1 is 0.366 bits per heavy atom. The van der Waals surface area contributed by atoms with Crippen LogP contribution in [0.2, 0.25) is 0 Å². The van der Waals surface area contributed by atoms with Gasteiger partial charge in [0.1, 0.15) is 0 Å². The molecule has 0 unspecified atom stereocenters. The minimum atomic E-state index is 0.916. The largest absolute Gasteiger partial charge is 0.310 e. The summed E-state index contributed by atoms with van der Waals surface area (Å²) < 4.78 is 0. The number of aryl methyl sites for hydroxylation is 2. The van der Waals surface area contributed by atoms with Crippen LogP contribution in [0.3, 0.4) is 0 Å². The minimum Gasteiger partial charge on any atom is -0.310 e. The summed E-state index contributed by atoms with van der Waals surface area (Å²) >= 11 is 0. The second-order valence-corrected chi connectivity index (χ2v) is 10.9. The van der Waals surface area contributed by atoms with Crippen LogP contribution < -0.4 is 9.80 Å². The highest BCUT2D eigenvalue weighted by Crippen LogP contribution is 2.44. The molecule has 7 rings (SSSR count). The number of hydrogen-bond donors (Lipinski definition) is 0. The van der Waals surface area contributed by atoms with Gasteiger partial charge in [0.05, 0.1) is 0 Å². The first-order valence-electron chi connectivity index (χ1n) is 14.2. The molecule has 0 radical (unpaired) electrons. The van der Waals surface area contributed by atoms with Crippen molar-refractivity contribution in [1.82, 2.24) is 0 Å². The summed E-state index contributed by atoms with van der Waals surface area (Å²) in [5, 5.41) is 0. The molecule has 1 aliphatic carbocycles. The Kier molecular flexibility index (Phi) is 6.37. The summed E-state index contributed by atoms with van der Waals surface area (Å²) in [7, 11) is 0. The molecule has 0 N–H and O–H groups in total. The maximum Gasteiger partial charge on any atom is 0.0464 e. The summed E-state index contributed by atoms with van der Waals surface area (Å²) in [5.74, 6) is 0. The lowest BCUT2D eigenvalue weighted by Gasteiger charge is -2.26. The van der Waals surface area contributed by atoms with E-state index in [1.165, 1.54) is 56.1 Å². The van der Waals surface area contributed by atoms with Crippen LogP contribution in [-0.2, 0) is 6.42 Å². The molecule has 0 atom stereocenters. The average molecular weight is 529 g/mol. The summed E-state index contributed by atoms with van der Waals surface area (Å²) in [6.45, 7) is 4.30. The second kappa shape index (κ2) is 10.5. The Morgan fingerprint density at radius 2 is 0.756 bits per heavy atom. The predicted octanol–water partition coefficient (Wildman–Crippen LogP) is 10.8. The van der Waals surface area contributed by atoms with Crippen LogP contribution in [0.4, 0.5) is 34.1 Å². The predicted molar refractivity (Wildman–Crippen MR) is 174 cm³/mol. The quantitative estimate of drug-likeness (QED) is 0.212. The first-order chi connectivity index (χ1) is 20.1. The van der Waals surface area contributed by atoms with Gasteiger partial charge in [0, 0.05) is 34.1 Å². The summed E-state index contributed by atoms with van der Waals surface area (Å²) in [6.07, 6.45) is 0.916. The van der Waals surface area contributed by atoms with Gasteiger partial charge in [-0.05, 0) is 126 Å². The molecule has 2 nitrogen and oxygen atoms in total. The Labute approximate surface area is 242 Å². The smallest absolute Gasteiger partial charge is 0.0464 e. The lowest BCUT2D eigenvalue weighted by atomic mass is 10.0. The van der Waals surface area contributed by atoms with Gasteiger partial charge in [0.2, 0.25) is 0 Å². The monoisotopic (exact) mass is 528 g/mol. The molecule has 198 valence electrons. The fourth-order valence-electron chi connectivity index (χ4n) is 6.04. The normalized spacial score (nSPS) is 11.6. The second-order valence-electron chi connectivity index (χ2n) is 10.9. The van der Waals surface area contributed by atoms with Crippen molar-refractivity contribution in [3.05, 3.63) is 168 Å². The van der Waals surface area contributed by atoms with Gasteiger partial charge in [-0.3, -0.25) is 0 Å². The van der Waals surface area contributed by atoms with Crippen molar-refractivity contribution in [1.29, 1.82) is 0 Å². The minimum absolute atomic E-state index is 0.916. The molecule has 0 spiro atoms. The lowest BCUT2D eigenvalue weighted by molar-refractivity contribution is 1.21. The maximum absolute atomic E-state index is 2.37. The zero-order valence-electron chi connectivity index (χ0n) is 23.5. The van der Waals surface area contributed by atoms with Crippen LogP contribution in [0, 0.1) is 13.8 Å². The molecule has 6 aromatic rings. The third kappa shape index (κ3) is 4.79. The van der Waals surface area contributed by atoms with Gasteiger partial charge in [-0.1, -0.05) is 72.8 Å². The molecular formula is C39H32N2. The van der Waals surface area contributed by atoms with Gasteiger partial charge in [-0.15, -0.1) is 0 Å². The van der Waals surface area contributed by atoms with E-state index in [0.717, 1.165) is 17.8 Å². The molecule has 0 amide bonds. The molecule has 6 aromatic carbocycles. The number of fused-ring (bicyclic) bond motifs is 3. The van der Waals surface area contributed by atoms with E-state index in [1.807, 2.05) is 0 Å². The Hall–Kier alpha value is -5.08. The Balaban J connectivity index is 1.28. The Bertz CT molecular complexity index is 1700. The summed E-state index contributed by atoms with van der Waals surface area (Å²) in [6, 6.07) is 52.7. The van der Waals surface area contributed by atoms with E-state index in [4.69, 9.17) is 0 Å². The van der Waals surface area contributed by atoms with Gasteiger partial charge in [-0.25, -0.2) is 0 Å². The molecule has 0 heterocycles. The van der Waals surface area contributed by atoms with Gasteiger partial charge < -0.3 is 9.80 Å². The fourth-order valence-corrected chi connectivity index (χ4v) is 6.04. The molecule has 0 bridgehead atoms. The summed E-state index contributed by atoms with van der Waals surface area (Å²) in [5.41, 5.74) is 14.9. The van der Waals surface area contributed by atoms with Crippen molar-refractivity contribution in [3.63, 3.8) is 0 Å². The Morgan fingerprint density at radius 3 is 1.17 bits per heavy atom. The molecule has 0 fully saturated rings. The van der Waals surface area contributed by atoms with E-state index >= 15 is 0 Å².